The van der Waals surface area contributed by atoms with Crippen LogP contribution >= 0.6 is 0 Å². The predicted molar refractivity (Wildman–Crippen MR) is 198 cm³/mol. The molecule has 0 radical (unpaired) electrons. The average Bonchev–Trinajstić information content (AvgIpc) is 3.05. The zero-order valence-corrected chi connectivity index (χ0v) is 30.1. The molecule has 0 aromatic rings. The number of hydrogen-bond acceptors (Lipinski definition) is 4. The lowest BCUT2D eigenvalue weighted by molar-refractivity contribution is -0.147. The van der Waals surface area contributed by atoms with Gasteiger partial charge in [0, 0.05) is 12.8 Å². The number of amides is 1. The summed E-state index contributed by atoms with van der Waals surface area (Å²) in [5.74, 6) is -1.35. The third kappa shape index (κ3) is 35.8. The van der Waals surface area contributed by atoms with Crippen molar-refractivity contribution in [1.82, 2.24) is 5.32 Å². The number of ether oxygens (including phenoxy) is 1. The number of aliphatic carboxylic acids is 1. The van der Waals surface area contributed by atoms with E-state index in [1.165, 1.54) is 51.4 Å². The molecule has 6 nitrogen and oxygen atoms in total. The zero-order valence-electron chi connectivity index (χ0n) is 30.1. The molecular weight excluding hydrogens is 586 g/mol. The topological polar surface area (TPSA) is 92.7 Å². The summed E-state index contributed by atoms with van der Waals surface area (Å²) >= 11 is 0. The summed E-state index contributed by atoms with van der Waals surface area (Å²) in [5, 5.41) is 11.0. The quantitative estimate of drug-likeness (QED) is 0.0417. The molecule has 0 aliphatic carbocycles. The number of carboxylic acid groups (broad SMARTS) is 1. The fraction of sp³-hybridized carbons (Fsp3) is 0.683. The molecule has 0 fully saturated rings. The lowest BCUT2D eigenvalue weighted by Crippen LogP contribution is -2.28. The number of carbonyl (C=O) groups excluding carboxylic acids is 2. The van der Waals surface area contributed by atoms with Gasteiger partial charge in [-0.15, -0.1) is 0 Å². The molecule has 0 aromatic heterocycles. The van der Waals surface area contributed by atoms with Crippen LogP contribution in [0.15, 0.2) is 60.8 Å². The fourth-order valence-corrected chi connectivity index (χ4v) is 5.12. The van der Waals surface area contributed by atoms with Gasteiger partial charge in [0.1, 0.15) is 12.6 Å². The van der Waals surface area contributed by atoms with Gasteiger partial charge in [0.15, 0.2) is 0 Å². The molecule has 6 heteroatoms. The lowest BCUT2D eigenvalue weighted by atomic mass is 10.1. The Bertz CT molecular complexity index is 902. The summed E-state index contributed by atoms with van der Waals surface area (Å²) in [6.45, 7) is 4.05. The van der Waals surface area contributed by atoms with Crippen LogP contribution in [0.1, 0.15) is 168 Å². The summed E-state index contributed by atoms with van der Waals surface area (Å²) in [6, 6.07) is 0. The van der Waals surface area contributed by atoms with Crippen molar-refractivity contribution < 1.29 is 24.2 Å². The minimum absolute atomic E-state index is 0.1000. The number of carbonyl (C=O) groups is 3. The Morgan fingerprint density at radius 1 is 0.596 bits per heavy atom. The first-order chi connectivity index (χ1) is 23.0. The molecule has 0 aliphatic heterocycles. The largest absolute Gasteiger partial charge is 0.480 e. The second-order valence-corrected chi connectivity index (χ2v) is 12.4. The molecule has 1 atom stereocenters. The van der Waals surface area contributed by atoms with Gasteiger partial charge in [-0.3, -0.25) is 14.4 Å². The van der Waals surface area contributed by atoms with E-state index < -0.39 is 5.97 Å². The van der Waals surface area contributed by atoms with Gasteiger partial charge in [-0.25, -0.2) is 0 Å². The standard InChI is InChI=1S/C41H69NO5/c1-3-5-7-9-11-12-13-14-15-16-17-18-19-20-21-22-24-26-32-36-41(46)47-38(33-29-25-23-10-8-6-4-2)34-30-27-28-31-35-39(43)42-37-40(44)45/h5,7,11-12,14-15,17-18,29,33,38H,3-4,6,8-10,13,16,19-28,30-32,34-37H2,1-2H3,(H,42,43)(H,44,45)/b7-5-,12-11-,15-14-,18-17-,33-29-. The van der Waals surface area contributed by atoms with Crippen molar-refractivity contribution in [3.05, 3.63) is 60.8 Å². The molecule has 2 N–H and O–H groups in total. The first-order valence-electron chi connectivity index (χ1n) is 18.9. The Kier molecular flexibility index (Phi) is 33.7. The summed E-state index contributed by atoms with van der Waals surface area (Å²) < 4.78 is 5.87. The molecule has 0 saturated carbocycles. The van der Waals surface area contributed by atoms with Crippen LogP contribution in [-0.2, 0) is 19.1 Å². The van der Waals surface area contributed by atoms with Crippen molar-refractivity contribution in [3.8, 4) is 0 Å². The number of allylic oxidation sites excluding steroid dienone is 9. The summed E-state index contributed by atoms with van der Waals surface area (Å²) in [4.78, 5) is 34.8. The highest BCUT2D eigenvalue weighted by Crippen LogP contribution is 2.15. The Morgan fingerprint density at radius 2 is 1.11 bits per heavy atom. The SMILES string of the molecule is CC/C=C\C/C=C\C/C=C\C/C=C\CCCCCCCCC(=O)OC(/C=C\CCCCCCC)CCCCCCC(=O)NCC(=O)O. The highest BCUT2D eigenvalue weighted by Gasteiger charge is 2.12. The van der Waals surface area contributed by atoms with Gasteiger partial charge in [-0.2, -0.15) is 0 Å². The van der Waals surface area contributed by atoms with E-state index >= 15 is 0 Å². The summed E-state index contributed by atoms with van der Waals surface area (Å²) in [6.07, 6.45) is 46.4. The van der Waals surface area contributed by atoms with Crippen LogP contribution in [0.5, 0.6) is 0 Å². The van der Waals surface area contributed by atoms with Crippen LogP contribution in [0.2, 0.25) is 0 Å². The lowest BCUT2D eigenvalue weighted by Gasteiger charge is -2.15. The number of carboxylic acids is 1. The molecule has 1 unspecified atom stereocenters. The maximum absolute atomic E-state index is 12.6. The average molecular weight is 656 g/mol. The smallest absolute Gasteiger partial charge is 0.322 e. The van der Waals surface area contributed by atoms with E-state index in [0.29, 0.717) is 12.8 Å². The maximum Gasteiger partial charge on any atom is 0.322 e. The van der Waals surface area contributed by atoms with Crippen LogP contribution in [0.3, 0.4) is 0 Å². The van der Waals surface area contributed by atoms with E-state index in [1.54, 1.807) is 0 Å². The monoisotopic (exact) mass is 656 g/mol. The van der Waals surface area contributed by atoms with Gasteiger partial charge >= 0.3 is 11.9 Å². The van der Waals surface area contributed by atoms with Crippen LogP contribution in [0.25, 0.3) is 0 Å². The molecule has 0 heterocycles. The number of hydrogen-bond donors (Lipinski definition) is 2. The van der Waals surface area contributed by atoms with Gasteiger partial charge in [0.2, 0.25) is 5.91 Å². The molecule has 0 aromatic carbocycles. The highest BCUT2D eigenvalue weighted by molar-refractivity contribution is 5.80. The van der Waals surface area contributed by atoms with Crippen molar-refractivity contribution in [3.63, 3.8) is 0 Å². The van der Waals surface area contributed by atoms with Gasteiger partial charge in [0.05, 0.1) is 0 Å². The minimum atomic E-state index is -1.03. The molecule has 47 heavy (non-hydrogen) atoms. The van der Waals surface area contributed by atoms with E-state index in [2.05, 4.69) is 79.9 Å². The maximum atomic E-state index is 12.6. The normalized spacial score (nSPS) is 12.7. The molecule has 268 valence electrons. The molecule has 0 aliphatic rings. The highest BCUT2D eigenvalue weighted by atomic mass is 16.5. The Hall–Kier alpha value is -2.89. The number of esters is 1. The second-order valence-electron chi connectivity index (χ2n) is 12.4. The van der Waals surface area contributed by atoms with E-state index in [1.807, 2.05) is 0 Å². The Morgan fingerprint density at radius 3 is 1.72 bits per heavy atom. The summed E-state index contributed by atoms with van der Waals surface area (Å²) in [7, 11) is 0. The van der Waals surface area contributed by atoms with Crippen molar-refractivity contribution in [1.29, 1.82) is 0 Å². The first kappa shape index (κ1) is 44.1. The molecule has 0 rings (SSSR count). The van der Waals surface area contributed by atoms with E-state index in [-0.39, 0.29) is 24.5 Å². The van der Waals surface area contributed by atoms with Gasteiger partial charge in [-0.1, -0.05) is 133 Å². The van der Waals surface area contributed by atoms with Gasteiger partial charge in [-0.05, 0) is 83.1 Å². The predicted octanol–water partition coefficient (Wildman–Crippen LogP) is 11.3. The molecular formula is C41H69NO5. The van der Waals surface area contributed by atoms with Crippen LogP contribution in [-0.4, -0.2) is 35.6 Å². The van der Waals surface area contributed by atoms with Crippen molar-refractivity contribution in [2.45, 2.75) is 174 Å². The number of nitrogens with one attached hydrogen (secondary N) is 1. The van der Waals surface area contributed by atoms with Crippen LogP contribution in [0.4, 0.5) is 0 Å². The minimum Gasteiger partial charge on any atom is -0.480 e. The van der Waals surface area contributed by atoms with Gasteiger partial charge in [0.25, 0.3) is 0 Å². The van der Waals surface area contributed by atoms with Crippen molar-refractivity contribution in [2.75, 3.05) is 6.54 Å². The molecule has 1 amide bonds. The van der Waals surface area contributed by atoms with E-state index in [0.717, 1.165) is 89.9 Å². The molecule has 0 bridgehead atoms. The van der Waals surface area contributed by atoms with Crippen LogP contribution < -0.4 is 5.32 Å². The van der Waals surface area contributed by atoms with Crippen molar-refractivity contribution in [2.24, 2.45) is 0 Å². The fourth-order valence-electron chi connectivity index (χ4n) is 5.12. The Balaban J connectivity index is 4.10. The van der Waals surface area contributed by atoms with Crippen molar-refractivity contribution >= 4 is 17.8 Å². The van der Waals surface area contributed by atoms with Crippen LogP contribution in [0, 0.1) is 0 Å². The molecule has 0 spiro atoms. The second kappa shape index (κ2) is 36.0. The summed E-state index contributed by atoms with van der Waals surface area (Å²) in [5.41, 5.74) is 0. The molecule has 0 saturated heterocycles. The Labute approximate surface area is 288 Å². The number of unbranched alkanes of at least 4 members (excludes halogenated alkanes) is 14. The first-order valence-corrected chi connectivity index (χ1v) is 18.9. The third-order valence-corrected chi connectivity index (χ3v) is 7.91. The van der Waals surface area contributed by atoms with E-state index in [9.17, 15) is 14.4 Å². The zero-order chi connectivity index (χ0) is 34.5. The third-order valence-electron chi connectivity index (χ3n) is 7.91. The number of rotatable bonds is 33. The van der Waals surface area contributed by atoms with Gasteiger partial charge < -0.3 is 15.2 Å². The van der Waals surface area contributed by atoms with E-state index in [4.69, 9.17) is 9.84 Å².